The number of hydrogen-bond acceptors (Lipinski definition) is 0. The van der Waals surface area contributed by atoms with Gasteiger partial charge in [0.2, 0.25) is 0 Å². The van der Waals surface area contributed by atoms with Gasteiger partial charge in [-0.15, -0.1) is 0 Å². The fourth-order valence-corrected chi connectivity index (χ4v) is 5.90. The summed E-state index contributed by atoms with van der Waals surface area (Å²) < 4.78 is 0. The monoisotopic (exact) mass is 600 g/mol. The second-order valence-electron chi connectivity index (χ2n) is 10.5. The predicted molar refractivity (Wildman–Crippen MR) is 147 cm³/mol. The third-order valence-electron chi connectivity index (χ3n) is 7.08. The largest absolute Gasteiger partial charge is 4.00 e. The van der Waals surface area contributed by atoms with Gasteiger partial charge in [0.1, 0.15) is 0 Å². The molecule has 0 saturated carbocycles. The van der Waals surface area contributed by atoms with Crippen molar-refractivity contribution in [2.45, 2.75) is 79.6 Å². The van der Waals surface area contributed by atoms with Crippen molar-refractivity contribution in [3.8, 4) is 0 Å². The van der Waals surface area contributed by atoms with Gasteiger partial charge in [0.05, 0.1) is 0 Å². The molecule has 0 aliphatic heterocycles. The standard InChI is InChI=1S/C34H39.3ClH.Ti/c1-8-9-10-29-11-12-30(22-29)34(31-16-23(2)13-24(3)17-31,32-18-25(4)14-26(5)19-32)33-20-27(6)15-28(7)21-33;;;;/h11,13-21H,8-10,12H2,1-7H3;3*1H;/q-1;;;;+4/p-3. The average Bonchev–Trinajstić information content (AvgIpc) is 3.20. The zero-order valence-corrected chi connectivity index (χ0v) is 27.6. The topological polar surface area (TPSA) is 0 Å². The molecule has 0 bridgehead atoms. The van der Waals surface area contributed by atoms with Crippen LogP contribution >= 0.6 is 0 Å². The molecule has 4 rings (SSSR count). The molecule has 38 heavy (non-hydrogen) atoms. The van der Waals surface area contributed by atoms with E-state index in [-0.39, 0.29) is 64.4 Å². The first-order valence-electron chi connectivity index (χ1n) is 12.8. The summed E-state index contributed by atoms with van der Waals surface area (Å²) in [6.07, 6.45) is 10.9. The summed E-state index contributed by atoms with van der Waals surface area (Å²) in [5, 5.41) is 0. The number of benzene rings is 3. The van der Waals surface area contributed by atoms with Crippen LogP contribution in [0.1, 0.15) is 82.7 Å². The summed E-state index contributed by atoms with van der Waals surface area (Å²) in [6.45, 7) is 15.6. The van der Waals surface area contributed by atoms with Crippen LogP contribution in [0.3, 0.4) is 0 Å². The van der Waals surface area contributed by atoms with E-state index in [0.29, 0.717) is 0 Å². The maximum absolute atomic E-state index is 3.96. The minimum atomic E-state index is -0.366. The van der Waals surface area contributed by atoms with Crippen molar-refractivity contribution in [3.63, 3.8) is 0 Å². The van der Waals surface area contributed by atoms with Gasteiger partial charge in [0, 0.05) is 5.41 Å². The van der Waals surface area contributed by atoms with Crippen LogP contribution < -0.4 is 37.2 Å². The minimum absolute atomic E-state index is 0. The van der Waals surface area contributed by atoms with Gasteiger partial charge >= 0.3 is 21.7 Å². The van der Waals surface area contributed by atoms with Crippen molar-refractivity contribution in [1.82, 2.24) is 0 Å². The second kappa shape index (κ2) is 15.5. The molecule has 0 aromatic heterocycles. The van der Waals surface area contributed by atoms with Crippen molar-refractivity contribution in [1.29, 1.82) is 0 Å². The van der Waals surface area contributed by atoms with E-state index in [2.05, 4.69) is 115 Å². The van der Waals surface area contributed by atoms with Crippen molar-refractivity contribution >= 4 is 0 Å². The first kappa shape index (κ1) is 36.7. The quantitative estimate of drug-likeness (QED) is 0.205. The van der Waals surface area contributed by atoms with Gasteiger partial charge in [-0.1, -0.05) is 121 Å². The molecule has 0 saturated heterocycles. The molecule has 0 fully saturated rings. The van der Waals surface area contributed by atoms with E-state index in [0.717, 1.165) is 12.8 Å². The Morgan fingerprint density at radius 1 is 0.605 bits per heavy atom. The Morgan fingerprint density at radius 2 is 0.947 bits per heavy atom. The normalized spacial score (nSPS) is 12.3. The third-order valence-corrected chi connectivity index (χ3v) is 7.08. The van der Waals surface area contributed by atoms with E-state index in [4.69, 9.17) is 0 Å². The van der Waals surface area contributed by atoms with Crippen LogP contribution in [0.2, 0.25) is 0 Å². The molecule has 0 N–H and O–H groups in total. The van der Waals surface area contributed by atoms with Gasteiger partial charge in [-0.3, -0.25) is 0 Å². The Morgan fingerprint density at radius 3 is 1.26 bits per heavy atom. The van der Waals surface area contributed by atoms with Crippen LogP contribution in [0.5, 0.6) is 0 Å². The van der Waals surface area contributed by atoms with E-state index < -0.39 is 0 Å². The summed E-state index contributed by atoms with van der Waals surface area (Å²) in [5.74, 6) is 0. The molecule has 200 valence electrons. The molecule has 0 heterocycles. The van der Waals surface area contributed by atoms with Crippen molar-refractivity contribution in [2.75, 3.05) is 0 Å². The first-order valence-corrected chi connectivity index (χ1v) is 12.8. The van der Waals surface area contributed by atoms with Gasteiger partial charge in [-0.25, -0.2) is 17.7 Å². The van der Waals surface area contributed by atoms with Gasteiger partial charge < -0.3 is 37.2 Å². The summed E-state index contributed by atoms with van der Waals surface area (Å²) in [7, 11) is 0. The Hall–Kier alpha value is -1.28. The van der Waals surface area contributed by atoms with Crippen molar-refractivity contribution in [3.05, 3.63) is 128 Å². The minimum Gasteiger partial charge on any atom is -1.00 e. The fraction of sp³-hybridized carbons (Fsp3) is 0.353. The summed E-state index contributed by atoms with van der Waals surface area (Å²) in [5.41, 5.74) is 14.3. The first-order chi connectivity index (χ1) is 16.2. The maximum Gasteiger partial charge on any atom is 4.00 e. The van der Waals surface area contributed by atoms with Crippen LogP contribution in [0.15, 0.2) is 71.8 Å². The van der Waals surface area contributed by atoms with Crippen LogP contribution in [0, 0.1) is 47.6 Å². The molecule has 0 unspecified atom stereocenters. The second-order valence-corrected chi connectivity index (χ2v) is 10.5. The zero-order chi connectivity index (χ0) is 24.5. The Labute approximate surface area is 264 Å². The van der Waals surface area contributed by atoms with E-state index in [9.17, 15) is 0 Å². The van der Waals surface area contributed by atoms with E-state index in [1.807, 2.05) is 0 Å². The molecule has 3 aromatic carbocycles. The third kappa shape index (κ3) is 7.68. The van der Waals surface area contributed by atoms with Crippen LogP contribution in [-0.4, -0.2) is 0 Å². The Kier molecular flexibility index (Phi) is 15.0. The van der Waals surface area contributed by atoms with Crippen molar-refractivity contribution < 1.29 is 58.9 Å². The smallest absolute Gasteiger partial charge is 1.00 e. The fourth-order valence-electron chi connectivity index (χ4n) is 5.90. The van der Waals surface area contributed by atoms with E-state index in [1.54, 1.807) is 0 Å². The number of allylic oxidation sites excluding steroid dienone is 4. The molecular formula is C34H39Cl3Ti. The van der Waals surface area contributed by atoms with E-state index >= 15 is 0 Å². The summed E-state index contributed by atoms with van der Waals surface area (Å²) >= 11 is 0. The maximum atomic E-state index is 3.96. The molecule has 0 radical (unpaired) electrons. The molecule has 0 spiro atoms. The van der Waals surface area contributed by atoms with Crippen molar-refractivity contribution in [2.24, 2.45) is 0 Å². The zero-order valence-electron chi connectivity index (χ0n) is 23.7. The molecule has 4 heteroatoms. The molecule has 0 atom stereocenters. The van der Waals surface area contributed by atoms with Gasteiger partial charge in [0.25, 0.3) is 0 Å². The number of hydrogen-bond donors (Lipinski definition) is 0. The predicted octanol–water partition coefficient (Wildman–Crippen LogP) is 0.131. The molecule has 0 amide bonds. The number of aryl methyl sites for hydroxylation is 6. The van der Waals surface area contributed by atoms with Gasteiger partial charge in [-0.05, 0) is 58.2 Å². The summed E-state index contributed by atoms with van der Waals surface area (Å²) in [4.78, 5) is 0. The number of rotatable bonds is 7. The molecular weight excluding hydrogens is 563 g/mol. The van der Waals surface area contributed by atoms with Gasteiger partial charge in [-0.2, -0.15) is 5.57 Å². The average molecular weight is 602 g/mol. The van der Waals surface area contributed by atoms with E-state index in [1.165, 1.54) is 74.1 Å². The Balaban J connectivity index is 0.00000342. The van der Waals surface area contributed by atoms with Crippen LogP contribution in [0.4, 0.5) is 0 Å². The molecule has 3 aromatic rings. The number of halogens is 3. The van der Waals surface area contributed by atoms with Crippen LogP contribution in [0.25, 0.3) is 0 Å². The number of unbranched alkanes of at least 4 members (excludes halogenated alkanes) is 1. The molecule has 1 aliphatic carbocycles. The van der Waals surface area contributed by atoms with Gasteiger partial charge in [0.15, 0.2) is 0 Å². The Bertz CT molecular complexity index is 1100. The SMILES string of the molecule is CCCCC1=CCC(C(c2cc(C)cc(C)c2)(c2cc(C)cc(C)c2)c2cc(C)cc(C)c2)=[C-]1.[Cl-].[Cl-].[Cl-].[Ti+4]. The molecule has 1 aliphatic rings. The summed E-state index contributed by atoms with van der Waals surface area (Å²) in [6, 6.07) is 21.3. The molecule has 0 nitrogen and oxygen atoms in total. The van der Waals surface area contributed by atoms with Crippen LogP contribution in [-0.2, 0) is 27.1 Å².